The Morgan fingerprint density at radius 3 is 2.71 bits per heavy atom. The fourth-order valence-corrected chi connectivity index (χ4v) is 2.57. The first-order valence-corrected chi connectivity index (χ1v) is 7.46. The van der Waals surface area contributed by atoms with Crippen molar-refractivity contribution in [3.05, 3.63) is 72.4 Å². The second kappa shape index (κ2) is 6.40. The van der Waals surface area contributed by atoms with Crippen molar-refractivity contribution in [3.8, 4) is 0 Å². The molecule has 1 unspecified atom stereocenters. The third kappa shape index (κ3) is 3.40. The standard InChI is InChI=1S/C19H20N2/c1-15(16-6-3-2-4-7-16)11-13-20-18-9-10-19-17(14-18)8-5-12-21-19/h2-10,12,14-15,20H,11,13H2,1H3. The average Bonchev–Trinajstić information content (AvgIpc) is 2.55. The lowest BCUT2D eigenvalue weighted by atomic mass is 9.98. The van der Waals surface area contributed by atoms with Crippen LogP contribution in [-0.2, 0) is 0 Å². The van der Waals surface area contributed by atoms with Gasteiger partial charge in [0.2, 0.25) is 0 Å². The second-order valence-electron chi connectivity index (χ2n) is 5.44. The molecule has 2 nitrogen and oxygen atoms in total. The minimum atomic E-state index is 0.570. The van der Waals surface area contributed by atoms with Crippen molar-refractivity contribution < 1.29 is 0 Å². The van der Waals surface area contributed by atoms with Crippen LogP contribution < -0.4 is 5.32 Å². The van der Waals surface area contributed by atoms with Gasteiger partial charge in [0.1, 0.15) is 0 Å². The number of rotatable bonds is 5. The molecule has 1 atom stereocenters. The number of hydrogen-bond donors (Lipinski definition) is 1. The summed E-state index contributed by atoms with van der Waals surface area (Å²) in [5, 5.41) is 4.69. The maximum atomic E-state index is 4.34. The molecule has 0 saturated heterocycles. The maximum absolute atomic E-state index is 4.34. The smallest absolute Gasteiger partial charge is 0.0703 e. The molecule has 0 fully saturated rings. The van der Waals surface area contributed by atoms with Gasteiger partial charge in [0.15, 0.2) is 0 Å². The molecule has 3 rings (SSSR count). The molecule has 0 aliphatic heterocycles. The van der Waals surface area contributed by atoms with Gasteiger partial charge >= 0.3 is 0 Å². The first-order valence-electron chi connectivity index (χ1n) is 7.46. The summed E-state index contributed by atoms with van der Waals surface area (Å²) >= 11 is 0. The molecule has 106 valence electrons. The molecule has 0 amide bonds. The van der Waals surface area contributed by atoms with Crippen LogP contribution >= 0.6 is 0 Å². The number of fused-ring (bicyclic) bond motifs is 1. The van der Waals surface area contributed by atoms with Crippen LogP contribution in [0, 0.1) is 0 Å². The molecule has 0 aliphatic rings. The Balaban J connectivity index is 1.59. The topological polar surface area (TPSA) is 24.9 Å². The lowest BCUT2D eigenvalue weighted by molar-refractivity contribution is 0.706. The summed E-state index contributed by atoms with van der Waals surface area (Å²) in [6, 6.07) is 21.1. The minimum Gasteiger partial charge on any atom is -0.385 e. The number of anilines is 1. The van der Waals surface area contributed by atoms with Gasteiger partial charge in [-0.1, -0.05) is 43.3 Å². The zero-order valence-corrected chi connectivity index (χ0v) is 12.3. The van der Waals surface area contributed by atoms with Gasteiger partial charge in [0, 0.05) is 23.8 Å². The highest BCUT2D eigenvalue weighted by Gasteiger charge is 2.04. The molecule has 1 heterocycles. The second-order valence-corrected chi connectivity index (χ2v) is 5.44. The Morgan fingerprint density at radius 2 is 1.86 bits per heavy atom. The molecule has 0 bridgehead atoms. The van der Waals surface area contributed by atoms with Crippen molar-refractivity contribution in [1.29, 1.82) is 0 Å². The van der Waals surface area contributed by atoms with E-state index in [1.165, 1.54) is 10.9 Å². The third-order valence-electron chi connectivity index (χ3n) is 3.88. The summed E-state index contributed by atoms with van der Waals surface area (Å²) in [5.41, 5.74) is 3.61. The Morgan fingerprint density at radius 1 is 1.00 bits per heavy atom. The normalized spacial score (nSPS) is 12.2. The molecule has 0 saturated carbocycles. The van der Waals surface area contributed by atoms with Crippen molar-refractivity contribution in [2.45, 2.75) is 19.3 Å². The van der Waals surface area contributed by atoms with Crippen molar-refractivity contribution in [2.24, 2.45) is 0 Å². The van der Waals surface area contributed by atoms with E-state index >= 15 is 0 Å². The van der Waals surface area contributed by atoms with Crippen LogP contribution in [0.15, 0.2) is 66.9 Å². The number of hydrogen-bond acceptors (Lipinski definition) is 2. The van der Waals surface area contributed by atoms with Gasteiger partial charge in [-0.2, -0.15) is 0 Å². The SMILES string of the molecule is CC(CCNc1ccc2ncccc2c1)c1ccccc1. The Kier molecular flexibility index (Phi) is 4.15. The zero-order valence-electron chi connectivity index (χ0n) is 12.3. The molecule has 21 heavy (non-hydrogen) atoms. The molecular formula is C19H20N2. The quantitative estimate of drug-likeness (QED) is 0.721. The van der Waals surface area contributed by atoms with Crippen LogP contribution in [0.4, 0.5) is 5.69 Å². The summed E-state index contributed by atoms with van der Waals surface area (Å²) in [7, 11) is 0. The molecule has 1 aromatic heterocycles. The average molecular weight is 276 g/mol. The molecule has 2 heteroatoms. The van der Waals surface area contributed by atoms with Crippen LogP contribution in [-0.4, -0.2) is 11.5 Å². The van der Waals surface area contributed by atoms with Gasteiger partial charge in [-0.05, 0) is 42.2 Å². The van der Waals surface area contributed by atoms with Crippen molar-refractivity contribution in [1.82, 2.24) is 4.98 Å². The van der Waals surface area contributed by atoms with Crippen molar-refractivity contribution in [2.75, 3.05) is 11.9 Å². The Labute approximate surface area is 125 Å². The van der Waals surface area contributed by atoms with Crippen LogP contribution in [0.2, 0.25) is 0 Å². The maximum Gasteiger partial charge on any atom is 0.0703 e. The fourth-order valence-electron chi connectivity index (χ4n) is 2.57. The van der Waals surface area contributed by atoms with E-state index in [1.807, 2.05) is 12.3 Å². The van der Waals surface area contributed by atoms with E-state index in [-0.39, 0.29) is 0 Å². The number of benzene rings is 2. The van der Waals surface area contributed by atoms with Gasteiger partial charge in [0.25, 0.3) is 0 Å². The van der Waals surface area contributed by atoms with Gasteiger partial charge in [-0.15, -0.1) is 0 Å². The van der Waals surface area contributed by atoms with E-state index in [4.69, 9.17) is 0 Å². The summed E-state index contributed by atoms with van der Waals surface area (Å²) in [4.78, 5) is 4.34. The lowest BCUT2D eigenvalue weighted by Gasteiger charge is -2.13. The largest absolute Gasteiger partial charge is 0.385 e. The van der Waals surface area contributed by atoms with Gasteiger partial charge in [0.05, 0.1) is 5.52 Å². The van der Waals surface area contributed by atoms with Gasteiger partial charge < -0.3 is 5.32 Å². The predicted molar refractivity (Wildman–Crippen MR) is 89.7 cm³/mol. The van der Waals surface area contributed by atoms with Crippen LogP contribution in [0.1, 0.15) is 24.8 Å². The number of nitrogens with zero attached hydrogens (tertiary/aromatic N) is 1. The molecule has 1 N–H and O–H groups in total. The van der Waals surface area contributed by atoms with Gasteiger partial charge in [-0.3, -0.25) is 4.98 Å². The van der Waals surface area contributed by atoms with Crippen LogP contribution in [0.3, 0.4) is 0 Å². The van der Waals surface area contributed by atoms with E-state index in [1.54, 1.807) is 0 Å². The monoisotopic (exact) mass is 276 g/mol. The van der Waals surface area contributed by atoms with Crippen LogP contribution in [0.25, 0.3) is 10.9 Å². The van der Waals surface area contributed by atoms with Crippen molar-refractivity contribution >= 4 is 16.6 Å². The highest BCUT2D eigenvalue weighted by Crippen LogP contribution is 2.20. The van der Waals surface area contributed by atoms with Gasteiger partial charge in [-0.25, -0.2) is 0 Å². The summed E-state index contributed by atoms with van der Waals surface area (Å²) in [5.74, 6) is 0.570. The van der Waals surface area contributed by atoms with Crippen LogP contribution in [0.5, 0.6) is 0 Å². The van der Waals surface area contributed by atoms with E-state index in [0.29, 0.717) is 5.92 Å². The summed E-state index contributed by atoms with van der Waals surface area (Å²) < 4.78 is 0. The molecule has 2 aromatic carbocycles. The molecular weight excluding hydrogens is 256 g/mol. The zero-order chi connectivity index (χ0) is 14.5. The van der Waals surface area contributed by atoms with Crippen molar-refractivity contribution in [3.63, 3.8) is 0 Å². The van der Waals surface area contributed by atoms with E-state index in [0.717, 1.165) is 24.2 Å². The molecule has 0 spiro atoms. The van der Waals surface area contributed by atoms with E-state index in [9.17, 15) is 0 Å². The predicted octanol–water partition coefficient (Wildman–Crippen LogP) is 4.84. The molecule has 3 aromatic rings. The number of pyridine rings is 1. The Bertz CT molecular complexity index is 707. The highest BCUT2D eigenvalue weighted by molar-refractivity contribution is 5.82. The lowest BCUT2D eigenvalue weighted by Crippen LogP contribution is -2.05. The number of aromatic nitrogens is 1. The first kappa shape index (κ1) is 13.6. The Hall–Kier alpha value is -2.35. The van der Waals surface area contributed by atoms with E-state index in [2.05, 4.69) is 71.8 Å². The summed E-state index contributed by atoms with van der Waals surface area (Å²) in [6.07, 6.45) is 2.95. The summed E-state index contributed by atoms with van der Waals surface area (Å²) in [6.45, 7) is 3.25. The number of nitrogens with one attached hydrogen (secondary N) is 1. The molecule has 0 radical (unpaired) electrons. The minimum absolute atomic E-state index is 0.570. The molecule has 0 aliphatic carbocycles. The van der Waals surface area contributed by atoms with E-state index < -0.39 is 0 Å². The highest BCUT2D eigenvalue weighted by atomic mass is 14.9. The first-order chi connectivity index (χ1) is 10.3. The fraction of sp³-hybridized carbons (Fsp3) is 0.211. The third-order valence-corrected chi connectivity index (χ3v) is 3.88.